The standard InChI is InChI=1S/C18H33N3O2/c1-18(2,3)23-17(22)21(16-6-7-16)11-10-20-9-8-14(13-20)12-19-15-4-5-15/h14-16,19H,4-13H2,1-3H3. The van der Waals surface area contributed by atoms with Gasteiger partial charge >= 0.3 is 6.09 Å². The molecule has 5 heteroatoms. The summed E-state index contributed by atoms with van der Waals surface area (Å²) in [5.41, 5.74) is -0.405. The van der Waals surface area contributed by atoms with Gasteiger partial charge in [-0.1, -0.05) is 0 Å². The summed E-state index contributed by atoms with van der Waals surface area (Å²) in [6, 6.07) is 1.22. The lowest BCUT2D eigenvalue weighted by Gasteiger charge is -2.29. The van der Waals surface area contributed by atoms with Crippen LogP contribution in [-0.4, -0.2) is 66.3 Å². The van der Waals surface area contributed by atoms with Gasteiger partial charge in [-0.05, 0) is 71.9 Å². The Morgan fingerprint density at radius 3 is 2.57 bits per heavy atom. The molecule has 3 aliphatic rings. The van der Waals surface area contributed by atoms with E-state index in [2.05, 4.69) is 10.2 Å². The highest BCUT2D eigenvalue weighted by Crippen LogP contribution is 2.28. The maximum absolute atomic E-state index is 12.4. The molecule has 3 fully saturated rings. The molecule has 5 nitrogen and oxygen atoms in total. The first-order valence-electron chi connectivity index (χ1n) is 9.36. The highest BCUT2D eigenvalue weighted by atomic mass is 16.6. The maximum atomic E-state index is 12.4. The smallest absolute Gasteiger partial charge is 0.410 e. The van der Waals surface area contributed by atoms with Gasteiger partial charge in [0.15, 0.2) is 0 Å². The SMILES string of the molecule is CC(C)(C)OC(=O)N(CCN1CCC(CNC2CC2)C1)C1CC1. The Morgan fingerprint density at radius 1 is 1.22 bits per heavy atom. The molecule has 1 amide bonds. The van der Waals surface area contributed by atoms with Gasteiger partial charge in [-0.25, -0.2) is 4.79 Å². The molecular weight excluding hydrogens is 290 g/mol. The van der Waals surface area contributed by atoms with E-state index in [1.165, 1.54) is 38.9 Å². The molecule has 1 unspecified atom stereocenters. The van der Waals surface area contributed by atoms with Crippen LogP contribution in [0.25, 0.3) is 0 Å². The summed E-state index contributed by atoms with van der Waals surface area (Å²) in [4.78, 5) is 16.8. The molecule has 2 aliphatic carbocycles. The Balaban J connectivity index is 1.39. The van der Waals surface area contributed by atoms with E-state index in [0.717, 1.165) is 37.9 Å². The van der Waals surface area contributed by atoms with Crippen molar-refractivity contribution in [2.24, 2.45) is 5.92 Å². The van der Waals surface area contributed by atoms with Crippen LogP contribution >= 0.6 is 0 Å². The fraction of sp³-hybridized carbons (Fsp3) is 0.944. The Morgan fingerprint density at radius 2 is 1.96 bits per heavy atom. The summed E-state index contributed by atoms with van der Waals surface area (Å²) in [5.74, 6) is 0.784. The molecule has 1 heterocycles. The van der Waals surface area contributed by atoms with E-state index < -0.39 is 5.60 Å². The number of hydrogen-bond donors (Lipinski definition) is 1. The van der Waals surface area contributed by atoms with Gasteiger partial charge in [-0.2, -0.15) is 0 Å². The van der Waals surface area contributed by atoms with E-state index >= 15 is 0 Å². The second-order valence-corrected chi connectivity index (χ2v) is 8.54. The second-order valence-electron chi connectivity index (χ2n) is 8.54. The predicted molar refractivity (Wildman–Crippen MR) is 91.5 cm³/mol. The normalized spacial score (nSPS) is 25.6. The average Bonchev–Trinajstić information content (AvgIpc) is 3.36. The maximum Gasteiger partial charge on any atom is 0.410 e. The van der Waals surface area contributed by atoms with Crippen LogP contribution < -0.4 is 5.32 Å². The van der Waals surface area contributed by atoms with Gasteiger partial charge in [-0.15, -0.1) is 0 Å². The number of rotatable bonds is 7. The molecule has 0 bridgehead atoms. The van der Waals surface area contributed by atoms with Crippen molar-refractivity contribution in [3.8, 4) is 0 Å². The van der Waals surface area contributed by atoms with Crippen molar-refractivity contribution in [1.29, 1.82) is 0 Å². The molecule has 23 heavy (non-hydrogen) atoms. The van der Waals surface area contributed by atoms with E-state index in [0.29, 0.717) is 6.04 Å². The van der Waals surface area contributed by atoms with Gasteiger partial charge in [0, 0.05) is 31.7 Å². The fourth-order valence-electron chi connectivity index (χ4n) is 3.28. The number of ether oxygens (including phenoxy) is 1. The van der Waals surface area contributed by atoms with E-state index in [1.807, 2.05) is 25.7 Å². The molecular formula is C18H33N3O2. The number of nitrogens with one attached hydrogen (secondary N) is 1. The molecule has 132 valence electrons. The minimum absolute atomic E-state index is 0.133. The summed E-state index contributed by atoms with van der Waals surface area (Å²) < 4.78 is 5.57. The summed E-state index contributed by atoms with van der Waals surface area (Å²) in [7, 11) is 0. The van der Waals surface area contributed by atoms with Crippen molar-refractivity contribution < 1.29 is 9.53 Å². The van der Waals surface area contributed by atoms with Crippen molar-refractivity contribution >= 4 is 6.09 Å². The highest BCUT2D eigenvalue weighted by Gasteiger charge is 2.35. The van der Waals surface area contributed by atoms with Crippen LogP contribution in [0.15, 0.2) is 0 Å². The predicted octanol–water partition coefficient (Wildman–Crippen LogP) is 2.46. The number of carbonyl (C=O) groups is 1. The quantitative estimate of drug-likeness (QED) is 0.782. The fourth-order valence-corrected chi connectivity index (χ4v) is 3.28. The number of hydrogen-bond acceptors (Lipinski definition) is 4. The number of amides is 1. The van der Waals surface area contributed by atoms with Crippen LogP contribution in [0.1, 0.15) is 52.9 Å². The zero-order valence-electron chi connectivity index (χ0n) is 15.0. The third-order valence-electron chi connectivity index (χ3n) is 4.92. The first-order chi connectivity index (χ1) is 10.9. The summed E-state index contributed by atoms with van der Waals surface area (Å²) >= 11 is 0. The summed E-state index contributed by atoms with van der Waals surface area (Å²) in [5, 5.41) is 3.64. The summed E-state index contributed by atoms with van der Waals surface area (Å²) in [6.45, 7) is 11.1. The molecule has 0 aromatic carbocycles. The molecule has 1 aliphatic heterocycles. The number of carbonyl (C=O) groups excluding carboxylic acids is 1. The minimum atomic E-state index is -0.405. The molecule has 0 aromatic heterocycles. The van der Waals surface area contributed by atoms with Gasteiger partial charge in [-0.3, -0.25) is 0 Å². The Labute approximate surface area is 140 Å². The first-order valence-corrected chi connectivity index (χ1v) is 9.36. The van der Waals surface area contributed by atoms with Crippen LogP contribution in [0.5, 0.6) is 0 Å². The molecule has 1 atom stereocenters. The van der Waals surface area contributed by atoms with Crippen molar-refractivity contribution in [2.45, 2.75) is 70.6 Å². The zero-order chi connectivity index (χ0) is 16.4. The van der Waals surface area contributed by atoms with Gasteiger partial charge in [0.1, 0.15) is 5.60 Å². The lowest BCUT2D eigenvalue weighted by atomic mass is 10.1. The van der Waals surface area contributed by atoms with E-state index in [-0.39, 0.29) is 6.09 Å². The highest BCUT2D eigenvalue weighted by molar-refractivity contribution is 5.69. The van der Waals surface area contributed by atoms with Crippen LogP contribution in [-0.2, 0) is 4.74 Å². The largest absolute Gasteiger partial charge is 0.444 e. The van der Waals surface area contributed by atoms with E-state index in [1.54, 1.807) is 0 Å². The molecule has 0 spiro atoms. The van der Waals surface area contributed by atoms with Crippen LogP contribution in [0, 0.1) is 5.92 Å². The van der Waals surface area contributed by atoms with E-state index in [4.69, 9.17) is 4.74 Å². The zero-order valence-corrected chi connectivity index (χ0v) is 15.0. The first kappa shape index (κ1) is 17.0. The van der Waals surface area contributed by atoms with Gasteiger partial charge < -0.3 is 19.9 Å². The Bertz CT molecular complexity index is 413. The van der Waals surface area contributed by atoms with Crippen LogP contribution in [0.2, 0.25) is 0 Å². The molecule has 2 saturated carbocycles. The molecule has 1 saturated heterocycles. The molecule has 0 radical (unpaired) electrons. The minimum Gasteiger partial charge on any atom is -0.444 e. The van der Waals surface area contributed by atoms with Gasteiger partial charge in [0.2, 0.25) is 0 Å². The van der Waals surface area contributed by atoms with Gasteiger partial charge in [0.05, 0.1) is 0 Å². The van der Waals surface area contributed by atoms with Crippen LogP contribution in [0.3, 0.4) is 0 Å². The topological polar surface area (TPSA) is 44.8 Å². The Kier molecular flexibility index (Phi) is 5.16. The third kappa shape index (κ3) is 5.64. The lowest BCUT2D eigenvalue weighted by Crippen LogP contribution is -2.42. The van der Waals surface area contributed by atoms with Gasteiger partial charge in [0.25, 0.3) is 0 Å². The van der Waals surface area contributed by atoms with Crippen molar-refractivity contribution in [1.82, 2.24) is 15.1 Å². The third-order valence-corrected chi connectivity index (χ3v) is 4.92. The second kappa shape index (κ2) is 6.98. The Hall–Kier alpha value is -0.810. The van der Waals surface area contributed by atoms with Crippen LogP contribution in [0.4, 0.5) is 4.79 Å². The molecule has 0 aromatic rings. The summed E-state index contributed by atoms with van der Waals surface area (Å²) in [6.07, 6.45) is 6.15. The van der Waals surface area contributed by atoms with Crippen molar-refractivity contribution in [2.75, 3.05) is 32.7 Å². The number of nitrogens with zero attached hydrogens (tertiary/aromatic N) is 2. The van der Waals surface area contributed by atoms with Crippen molar-refractivity contribution in [3.05, 3.63) is 0 Å². The number of likely N-dealkylation sites (tertiary alicyclic amines) is 1. The monoisotopic (exact) mass is 323 g/mol. The van der Waals surface area contributed by atoms with E-state index in [9.17, 15) is 4.79 Å². The lowest BCUT2D eigenvalue weighted by molar-refractivity contribution is 0.0219. The average molecular weight is 323 g/mol. The molecule has 1 N–H and O–H groups in total. The van der Waals surface area contributed by atoms with Crippen molar-refractivity contribution in [3.63, 3.8) is 0 Å². The molecule has 3 rings (SSSR count).